The average molecular weight is 243 g/mol. The van der Waals surface area contributed by atoms with Gasteiger partial charge in [0.15, 0.2) is 0 Å². The molecule has 0 unspecified atom stereocenters. The number of hydrogen-bond donors (Lipinski definition) is 1. The summed E-state index contributed by atoms with van der Waals surface area (Å²) in [6.45, 7) is 3.88. The molecule has 17 heavy (non-hydrogen) atoms. The third kappa shape index (κ3) is 5.84. The van der Waals surface area contributed by atoms with E-state index >= 15 is 0 Å². The Labute approximate surface area is 106 Å². The van der Waals surface area contributed by atoms with Gasteiger partial charge in [-0.15, -0.1) is 0 Å². The summed E-state index contributed by atoms with van der Waals surface area (Å²) in [5, 5.41) is 3.55. The lowest BCUT2D eigenvalue weighted by atomic mass is 9.81. The van der Waals surface area contributed by atoms with Crippen LogP contribution >= 0.6 is 0 Å². The molecular weight excluding hydrogens is 214 g/mol. The minimum absolute atomic E-state index is 0.571. The van der Waals surface area contributed by atoms with E-state index in [4.69, 9.17) is 9.47 Å². The highest BCUT2D eigenvalue weighted by atomic mass is 16.5. The zero-order valence-corrected chi connectivity index (χ0v) is 11.6. The molecule has 0 aromatic heterocycles. The van der Waals surface area contributed by atoms with Crippen LogP contribution in [0.15, 0.2) is 0 Å². The molecule has 1 rings (SSSR count). The van der Waals surface area contributed by atoms with Crippen LogP contribution in [0.4, 0.5) is 0 Å². The third-order valence-corrected chi connectivity index (χ3v) is 3.95. The molecule has 0 heterocycles. The summed E-state index contributed by atoms with van der Waals surface area (Å²) in [5.74, 6) is 0. The lowest BCUT2D eigenvalue weighted by Crippen LogP contribution is -2.34. The van der Waals surface area contributed by atoms with Crippen LogP contribution in [0.3, 0.4) is 0 Å². The molecule has 1 saturated carbocycles. The van der Waals surface area contributed by atoms with E-state index in [2.05, 4.69) is 5.32 Å². The van der Waals surface area contributed by atoms with Crippen LogP contribution in [0.25, 0.3) is 0 Å². The molecule has 0 bridgehead atoms. The molecule has 0 aliphatic heterocycles. The van der Waals surface area contributed by atoms with Crippen molar-refractivity contribution in [2.75, 3.05) is 40.5 Å². The van der Waals surface area contributed by atoms with Crippen molar-refractivity contribution in [1.82, 2.24) is 5.32 Å². The monoisotopic (exact) mass is 243 g/mol. The summed E-state index contributed by atoms with van der Waals surface area (Å²) >= 11 is 0. The molecule has 0 aromatic rings. The van der Waals surface area contributed by atoms with Crippen LogP contribution in [0.1, 0.15) is 44.9 Å². The van der Waals surface area contributed by atoms with E-state index in [1.54, 1.807) is 14.2 Å². The maximum atomic E-state index is 5.12. The Hall–Kier alpha value is -0.120. The average Bonchev–Trinajstić information content (AvgIpc) is 2.80. The Morgan fingerprint density at radius 1 is 1.00 bits per heavy atom. The minimum atomic E-state index is 0.571. The van der Waals surface area contributed by atoms with Gasteiger partial charge in [-0.1, -0.05) is 19.3 Å². The highest BCUT2D eigenvalue weighted by Crippen LogP contribution is 2.41. The van der Waals surface area contributed by atoms with Crippen molar-refractivity contribution in [1.29, 1.82) is 0 Å². The molecule has 102 valence electrons. The smallest absolute Gasteiger partial charge is 0.0587 e. The summed E-state index contributed by atoms with van der Waals surface area (Å²) in [7, 11) is 3.55. The second kappa shape index (κ2) is 8.90. The summed E-state index contributed by atoms with van der Waals surface area (Å²) in [6.07, 6.45) is 9.50. The lowest BCUT2D eigenvalue weighted by Gasteiger charge is -2.29. The normalized spacial score (nSPS) is 18.7. The van der Waals surface area contributed by atoms with Crippen molar-refractivity contribution >= 4 is 0 Å². The van der Waals surface area contributed by atoms with Gasteiger partial charge in [0.2, 0.25) is 0 Å². The Balaban J connectivity index is 2.19. The summed E-state index contributed by atoms with van der Waals surface area (Å²) in [6, 6.07) is 0. The van der Waals surface area contributed by atoms with Gasteiger partial charge < -0.3 is 14.8 Å². The Morgan fingerprint density at radius 3 is 2.35 bits per heavy atom. The SMILES string of the molecule is COCCCCC1(CNCCOC)CCCC1. The number of nitrogens with one attached hydrogen (secondary N) is 1. The van der Waals surface area contributed by atoms with Gasteiger partial charge in [-0.2, -0.15) is 0 Å². The fourth-order valence-electron chi connectivity index (χ4n) is 2.91. The Bertz CT molecular complexity index is 165. The number of rotatable bonds is 10. The maximum Gasteiger partial charge on any atom is 0.0587 e. The van der Waals surface area contributed by atoms with Crippen molar-refractivity contribution in [2.45, 2.75) is 44.9 Å². The molecule has 1 N–H and O–H groups in total. The largest absolute Gasteiger partial charge is 0.385 e. The summed E-state index contributed by atoms with van der Waals surface area (Å²) < 4.78 is 10.2. The predicted molar refractivity (Wildman–Crippen MR) is 71.4 cm³/mol. The van der Waals surface area contributed by atoms with Crippen molar-refractivity contribution in [3.63, 3.8) is 0 Å². The predicted octanol–water partition coefficient (Wildman–Crippen LogP) is 2.60. The maximum absolute atomic E-state index is 5.12. The van der Waals surface area contributed by atoms with Gasteiger partial charge in [-0.25, -0.2) is 0 Å². The molecule has 0 atom stereocenters. The van der Waals surface area contributed by atoms with Gasteiger partial charge in [0.25, 0.3) is 0 Å². The van der Waals surface area contributed by atoms with Crippen LogP contribution in [0.2, 0.25) is 0 Å². The number of unbranched alkanes of at least 4 members (excludes halogenated alkanes) is 1. The molecule has 3 nitrogen and oxygen atoms in total. The molecule has 1 aliphatic rings. The van der Waals surface area contributed by atoms with Crippen LogP contribution in [-0.2, 0) is 9.47 Å². The van der Waals surface area contributed by atoms with Gasteiger partial charge in [-0.3, -0.25) is 0 Å². The zero-order valence-electron chi connectivity index (χ0n) is 11.6. The quantitative estimate of drug-likeness (QED) is 0.598. The van der Waals surface area contributed by atoms with Crippen LogP contribution in [0, 0.1) is 5.41 Å². The number of hydrogen-bond acceptors (Lipinski definition) is 3. The van der Waals surface area contributed by atoms with Gasteiger partial charge in [0, 0.05) is 33.9 Å². The van der Waals surface area contributed by atoms with Gasteiger partial charge in [0.05, 0.1) is 6.61 Å². The van der Waals surface area contributed by atoms with E-state index in [0.29, 0.717) is 5.41 Å². The first kappa shape index (κ1) is 14.9. The van der Waals surface area contributed by atoms with Crippen LogP contribution in [0.5, 0.6) is 0 Å². The standard InChI is InChI=1S/C14H29NO2/c1-16-11-6-5-9-14(7-3-4-8-14)13-15-10-12-17-2/h15H,3-13H2,1-2H3. The molecular formula is C14H29NO2. The van der Waals surface area contributed by atoms with Gasteiger partial charge >= 0.3 is 0 Å². The topological polar surface area (TPSA) is 30.5 Å². The van der Waals surface area contributed by atoms with Crippen molar-refractivity contribution in [3.05, 3.63) is 0 Å². The Morgan fingerprint density at radius 2 is 1.71 bits per heavy atom. The molecule has 0 amide bonds. The van der Waals surface area contributed by atoms with Crippen molar-refractivity contribution < 1.29 is 9.47 Å². The second-order valence-corrected chi connectivity index (χ2v) is 5.33. The van der Waals surface area contributed by atoms with E-state index in [-0.39, 0.29) is 0 Å². The Kier molecular flexibility index (Phi) is 7.82. The second-order valence-electron chi connectivity index (χ2n) is 5.33. The molecule has 0 saturated heterocycles. The fraction of sp³-hybridized carbons (Fsp3) is 1.00. The van der Waals surface area contributed by atoms with E-state index in [0.717, 1.165) is 19.8 Å². The first-order chi connectivity index (χ1) is 8.33. The van der Waals surface area contributed by atoms with Crippen molar-refractivity contribution in [2.24, 2.45) is 5.41 Å². The number of ether oxygens (including phenoxy) is 2. The molecule has 0 spiro atoms. The van der Waals surface area contributed by atoms with Crippen LogP contribution < -0.4 is 5.32 Å². The van der Waals surface area contributed by atoms with Crippen molar-refractivity contribution in [3.8, 4) is 0 Å². The highest BCUT2D eigenvalue weighted by molar-refractivity contribution is 4.86. The lowest BCUT2D eigenvalue weighted by molar-refractivity contribution is 0.173. The highest BCUT2D eigenvalue weighted by Gasteiger charge is 2.32. The van der Waals surface area contributed by atoms with Crippen LogP contribution in [-0.4, -0.2) is 40.5 Å². The first-order valence-electron chi connectivity index (χ1n) is 7.02. The molecule has 1 fully saturated rings. The summed E-state index contributed by atoms with van der Waals surface area (Å²) in [4.78, 5) is 0. The zero-order chi connectivity index (χ0) is 12.4. The van der Waals surface area contributed by atoms with E-state index in [1.165, 1.54) is 51.5 Å². The van der Waals surface area contributed by atoms with E-state index in [9.17, 15) is 0 Å². The molecule has 3 heteroatoms. The third-order valence-electron chi connectivity index (χ3n) is 3.95. The van der Waals surface area contributed by atoms with Gasteiger partial charge in [0.1, 0.15) is 0 Å². The molecule has 0 radical (unpaired) electrons. The fourth-order valence-corrected chi connectivity index (χ4v) is 2.91. The molecule has 0 aromatic carbocycles. The minimum Gasteiger partial charge on any atom is -0.385 e. The molecule has 1 aliphatic carbocycles. The van der Waals surface area contributed by atoms with Gasteiger partial charge in [-0.05, 0) is 31.1 Å². The summed E-state index contributed by atoms with van der Waals surface area (Å²) in [5.41, 5.74) is 0.571. The van der Waals surface area contributed by atoms with E-state index in [1.807, 2.05) is 0 Å². The first-order valence-corrected chi connectivity index (χ1v) is 7.02. The van der Waals surface area contributed by atoms with E-state index < -0.39 is 0 Å². The number of methoxy groups -OCH3 is 2.